The summed E-state index contributed by atoms with van der Waals surface area (Å²) < 4.78 is 0. The molecule has 0 aliphatic carbocycles. The Morgan fingerprint density at radius 2 is 1.64 bits per heavy atom. The average Bonchev–Trinajstić information content (AvgIpc) is 1.88. The molecule has 0 N–H and O–H groups in total. The van der Waals surface area contributed by atoms with E-state index in [1.54, 1.807) is 0 Å². The van der Waals surface area contributed by atoms with E-state index in [9.17, 15) is 0 Å². The second-order valence-corrected chi connectivity index (χ2v) is 2.81. The summed E-state index contributed by atoms with van der Waals surface area (Å²) in [5.74, 6) is 0. The fourth-order valence-electron chi connectivity index (χ4n) is 0.927. The first-order chi connectivity index (χ1) is 5.11. The first-order valence-electron chi connectivity index (χ1n) is 3.77. The summed E-state index contributed by atoms with van der Waals surface area (Å²) in [4.78, 5) is 0. The van der Waals surface area contributed by atoms with Gasteiger partial charge in [-0.1, -0.05) is 0 Å². The molecule has 0 rings (SSSR count). The van der Waals surface area contributed by atoms with Gasteiger partial charge in [0.15, 0.2) is 0 Å². The molecule has 0 saturated heterocycles. The van der Waals surface area contributed by atoms with Crippen LogP contribution in [0.4, 0.5) is 0 Å². The Balaban J connectivity index is 4.71. The van der Waals surface area contributed by atoms with Crippen molar-refractivity contribution in [3.05, 3.63) is 16.9 Å². The van der Waals surface area contributed by atoms with Crippen molar-refractivity contribution in [1.29, 1.82) is 0 Å². The fraction of sp³-hybridized carbons (Fsp3) is 0.444. The van der Waals surface area contributed by atoms with Gasteiger partial charge in [-0.2, -0.15) is 0 Å². The molecular formula is C9H14B2. The molecule has 0 heterocycles. The predicted octanol–water partition coefficient (Wildman–Crippen LogP) is 1.52. The molecule has 0 saturated carbocycles. The van der Waals surface area contributed by atoms with E-state index in [2.05, 4.69) is 18.7 Å². The third-order valence-electron chi connectivity index (χ3n) is 1.46. The zero-order chi connectivity index (χ0) is 8.85. The van der Waals surface area contributed by atoms with Crippen molar-refractivity contribution in [2.75, 3.05) is 0 Å². The number of hydrogen-bond donors (Lipinski definition) is 0. The molecule has 0 atom stereocenters. The maximum absolute atomic E-state index is 3.72. The number of hydrogen-bond acceptors (Lipinski definition) is 0. The second kappa shape index (κ2) is 5.09. The molecule has 11 heavy (non-hydrogen) atoms. The van der Waals surface area contributed by atoms with E-state index in [4.69, 9.17) is 0 Å². The van der Waals surface area contributed by atoms with Crippen LogP contribution < -0.4 is 0 Å². The molecular weight excluding hydrogens is 130 g/mol. The molecule has 0 nitrogen and oxygen atoms in total. The molecule has 0 aromatic carbocycles. The van der Waals surface area contributed by atoms with Crippen LogP contribution in [0, 0.1) is 0 Å². The topological polar surface area (TPSA) is 0 Å². The van der Waals surface area contributed by atoms with Crippen molar-refractivity contribution in [3.8, 4) is 0 Å². The molecule has 0 amide bonds. The van der Waals surface area contributed by atoms with Gasteiger partial charge in [-0.15, -0.1) is 0 Å². The van der Waals surface area contributed by atoms with Crippen molar-refractivity contribution < 1.29 is 0 Å². The first kappa shape index (κ1) is 10.4. The zero-order valence-electron chi connectivity index (χ0n) is 7.65. The summed E-state index contributed by atoms with van der Waals surface area (Å²) in [5, 5.41) is 0. The molecule has 56 valence electrons. The summed E-state index contributed by atoms with van der Waals surface area (Å²) in [7, 11) is 0. The van der Waals surface area contributed by atoms with Crippen LogP contribution in [0.5, 0.6) is 0 Å². The Morgan fingerprint density at radius 3 is 1.91 bits per heavy atom. The van der Waals surface area contributed by atoms with Gasteiger partial charge in [0.1, 0.15) is 0 Å². The summed E-state index contributed by atoms with van der Waals surface area (Å²) >= 11 is 0. The zero-order valence-corrected chi connectivity index (χ0v) is 7.65. The van der Waals surface area contributed by atoms with E-state index in [0.29, 0.717) is 0 Å². The SMILES string of the molecule is C=BC(B=C)C(C)=C=C(C)C. The number of rotatable bonds is 3. The number of allylic oxidation sites excluding steroid dienone is 1. The van der Waals surface area contributed by atoms with Crippen molar-refractivity contribution in [1.82, 2.24) is 0 Å². The van der Waals surface area contributed by atoms with E-state index < -0.39 is 0 Å². The van der Waals surface area contributed by atoms with Gasteiger partial charge in [0.25, 0.3) is 0 Å². The third-order valence-corrected chi connectivity index (χ3v) is 1.46. The fourth-order valence-corrected chi connectivity index (χ4v) is 0.927. The monoisotopic (exact) mass is 144 g/mol. The summed E-state index contributed by atoms with van der Waals surface area (Å²) in [5.41, 5.74) is 5.87. The predicted molar refractivity (Wildman–Crippen MR) is 57.1 cm³/mol. The van der Waals surface area contributed by atoms with Gasteiger partial charge in [-0.05, 0) is 0 Å². The van der Waals surface area contributed by atoms with Crippen molar-refractivity contribution >= 4 is 26.8 Å². The van der Waals surface area contributed by atoms with Gasteiger partial charge in [-0.3, -0.25) is 0 Å². The van der Waals surface area contributed by atoms with Gasteiger partial charge in [0, 0.05) is 0 Å². The quantitative estimate of drug-likeness (QED) is 0.415. The van der Waals surface area contributed by atoms with E-state index >= 15 is 0 Å². The Labute approximate surface area is 70.8 Å². The van der Waals surface area contributed by atoms with Crippen LogP contribution in [0.3, 0.4) is 0 Å². The molecule has 0 spiro atoms. The van der Waals surface area contributed by atoms with Crippen LogP contribution in [-0.2, 0) is 0 Å². The van der Waals surface area contributed by atoms with Crippen molar-refractivity contribution in [2.24, 2.45) is 0 Å². The second-order valence-electron chi connectivity index (χ2n) is 2.81. The van der Waals surface area contributed by atoms with Gasteiger partial charge in [0.05, 0.1) is 0 Å². The molecule has 0 radical (unpaired) electrons. The van der Waals surface area contributed by atoms with Crippen molar-refractivity contribution in [2.45, 2.75) is 26.5 Å². The van der Waals surface area contributed by atoms with Gasteiger partial charge < -0.3 is 0 Å². The molecule has 0 bridgehead atoms. The van der Waals surface area contributed by atoms with Crippen LogP contribution in [0.1, 0.15) is 20.8 Å². The van der Waals surface area contributed by atoms with E-state index in [-0.39, 0.29) is 5.72 Å². The summed E-state index contributed by atoms with van der Waals surface area (Å²) in [6.45, 7) is 17.3. The third kappa shape index (κ3) is 3.95. The van der Waals surface area contributed by atoms with Crippen molar-refractivity contribution in [3.63, 3.8) is 0 Å². The first-order valence-corrected chi connectivity index (χ1v) is 3.77. The molecule has 0 aliphatic rings. The van der Waals surface area contributed by atoms with Gasteiger partial charge in [0.2, 0.25) is 0 Å². The van der Waals surface area contributed by atoms with Gasteiger partial charge in [-0.25, -0.2) is 0 Å². The maximum atomic E-state index is 3.72. The van der Waals surface area contributed by atoms with Crippen LogP contribution in [0.2, 0.25) is 5.72 Å². The van der Waals surface area contributed by atoms with E-state index in [1.165, 1.54) is 11.1 Å². The van der Waals surface area contributed by atoms with E-state index in [1.807, 2.05) is 34.6 Å². The molecule has 0 fully saturated rings. The summed E-state index contributed by atoms with van der Waals surface area (Å²) in [6, 6.07) is 0. The molecule has 2 heteroatoms. The van der Waals surface area contributed by atoms with Gasteiger partial charge >= 0.3 is 70.1 Å². The standard InChI is InChI=1S/C9H14B2/c1-7(2)6-8(3)9(10-4)11-5/h9H,4-5H2,1-3H3. The normalized spacial score (nSPS) is 8.00. The minimum atomic E-state index is 0.268. The summed E-state index contributed by atoms with van der Waals surface area (Å²) in [6.07, 6.45) is 0. The van der Waals surface area contributed by atoms with Crippen LogP contribution in [0.15, 0.2) is 16.9 Å². The Hall–Kier alpha value is -0.610. The minimum absolute atomic E-state index is 0.268. The van der Waals surface area contributed by atoms with E-state index in [0.717, 1.165) is 0 Å². The molecule has 0 aromatic rings. The Kier molecular flexibility index (Phi) is 4.81. The van der Waals surface area contributed by atoms with Crippen LogP contribution >= 0.6 is 0 Å². The Morgan fingerprint density at radius 1 is 1.18 bits per heavy atom. The molecule has 0 unspecified atom stereocenters. The van der Waals surface area contributed by atoms with Crippen LogP contribution in [-0.4, -0.2) is 26.8 Å². The molecule has 0 aromatic heterocycles. The Bertz CT molecular complexity index is 208. The average molecular weight is 144 g/mol. The van der Waals surface area contributed by atoms with Crippen LogP contribution in [0.25, 0.3) is 0 Å². The molecule has 0 aliphatic heterocycles.